The second-order valence-corrected chi connectivity index (χ2v) is 12.7. The summed E-state index contributed by atoms with van der Waals surface area (Å²) in [6.07, 6.45) is 18.6. The number of nitrogens with zero attached hydrogens (tertiary/aromatic N) is 3. The summed E-state index contributed by atoms with van der Waals surface area (Å²) in [4.78, 5) is 1.33. The molecule has 41 heavy (non-hydrogen) atoms. The molecule has 2 aromatic carbocycles. The Morgan fingerprint density at radius 2 is 1.51 bits per heavy atom. The third kappa shape index (κ3) is 13.5. The predicted octanol–water partition coefficient (Wildman–Crippen LogP) is 11.1. The van der Waals surface area contributed by atoms with Crippen LogP contribution in [-0.4, -0.2) is 26.0 Å². The van der Waals surface area contributed by atoms with E-state index in [-0.39, 0.29) is 6.04 Å². The van der Waals surface area contributed by atoms with E-state index in [1.807, 2.05) is 23.9 Å². The Labute approximate surface area is 255 Å². The fourth-order valence-electron chi connectivity index (χ4n) is 5.74. The maximum Gasteiger partial charge on any atom is 0.119 e. The summed E-state index contributed by atoms with van der Waals surface area (Å²) in [5.74, 6) is 1.92. The van der Waals surface area contributed by atoms with Gasteiger partial charge in [0.25, 0.3) is 0 Å². The molecule has 0 N–H and O–H groups in total. The van der Waals surface area contributed by atoms with Gasteiger partial charge >= 0.3 is 0 Å². The van der Waals surface area contributed by atoms with Crippen molar-refractivity contribution in [2.45, 2.75) is 133 Å². The molecule has 2 rings (SSSR count). The van der Waals surface area contributed by atoms with Gasteiger partial charge in [-0.2, -0.15) is 15.5 Å². The van der Waals surface area contributed by atoms with Crippen molar-refractivity contribution in [3.63, 3.8) is 0 Å². The Kier molecular flexibility index (Phi) is 18.2. The number of thioether (sulfide) groups is 1. The quantitative estimate of drug-likeness (QED) is 0.0749. The van der Waals surface area contributed by atoms with Gasteiger partial charge in [0.15, 0.2) is 0 Å². The van der Waals surface area contributed by atoms with Gasteiger partial charge < -0.3 is 4.74 Å². The molecule has 5 heteroatoms. The first kappa shape index (κ1) is 34.9. The molecular formula is C36H55N3OS. The zero-order chi connectivity index (χ0) is 29.6. The number of hydrogen-bond acceptors (Lipinski definition) is 5. The number of rotatable bonds is 23. The standard InChI is InChI=1S/C36H55N3OS/c1-5-7-8-9-10-11-12-13-14-15-27-36(30-37,32-18-16-20-34(29-32)40-4)28-17-19-33(39-38-3)24-21-31-22-25-35(26-23-31)41-6-2/h16,18,20,22-23,25-26,29,33H,5-15,17,19,21,24,27-28H2,1-4H3. The lowest BCUT2D eigenvalue weighted by molar-refractivity contribution is 0.392. The minimum Gasteiger partial charge on any atom is -0.497 e. The molecule has 0 saturated carbocycles. The van der Waals surface area contributed by atoms with E-state index in [9.17, 15) is 5.26 Å². The second-order valence-electron chi connectivity index (χ2n) is 11.3. The number of methoxy groups -OCH3 is 1. The maximum absolute atomic E-state index is 10.6. The van der Waals surface area contributed by atoms with Crippen LogP contribution in [0, 0.1) is 11.3 Å². The molecule has 0 bridgehead atoms. The van der Waals surface area contributed by atoms with Crippen LogP contribution in [-0.2, 0) is 11.8 Å². The summed E-state index contributed by atoms with van der Waals surface area (Å²) in [7, 11) is 3.47. The predicted molar refractivity (Wildman–Crippen MR) is 176 cm³/mol. The first-order valence-corrected chi connectivity index (χ1v) is 17.2. The van der Waals surface area contributed by atoms with E-state index in [1.165, 1.54) is 68.2 Å². The largest absolute Gasteiger partial charge is 0.497 e. The number of azo groups is 1. The van der Waals surface area contributed by atoms with E-state index in [0.717, 1.165) is 62.0 Å². The lowest BCUT2D eigenvalue weighted by Gasteiger charge is -2.28. The summed E-state index contributed by atoms with van der Waals surface area (Å²) >= 11 is 1.88. The number of aryl methyl sites for hydroxylation is 1. The minimum atomic E-state index is -0.491. The molecule has 0 heterocycles. The second kappa shape index (κ2) is 21.4. The highest BCUT2D eigenvalue weighted by Gasteiger charge is 2.32. The molecule has 0 amide bonds. The SMILES string of the molecule is CCCCCCCCCCCCC(C#N)(CCCC(CCc1ccc(SCC)cc1)N=NC)c1cccc(OC)c1. The average molecular weight is 578 g/mol. The van der Waals surface area contributed by atoms with Gasteiger partial charge in [-0.25, -0.2) is 0 Å². The van der Waals surface area contributed by atoms with Crippen LogP contribution >= 0.6 is 11.8 Å². The zero-order valence-corrected chi connectivity index (χ0v) is 27.2. The van der Waals surface area contributed by atoms with E-state index in [4.69, 9.17) is 4.74 Å². The Balaban J connectivity index is 1.94. The van der Waals surface area contributed by atoms with Crippen LogP contribution in [0.1, 0.15) is 121 Å². The molecule has 0 fully saturated rings. The highest BCUT2D eigenvalue weighted by atomic mass is 32.2. The summed E-state index contributed by atoms with van der Waals surface area (Å²) < 4.78 is 5.53. The van der Waals surface area contributed by atoms with Crippen LogP contribution in [0.5, 0.6) is 5.75 Å². The van der Waals surface area contributed by atoms with Crippen LogP contribution in [0.15, 0.2) is 63.7 Å². The highest BCUT2D eigenvalue weighted by Crippen LogP contribution is 2.37. The van der Waals surface area contributed by atoms with Crippen LogP contribution in [0.4, 0.5) is 0 Å². The number of hydrogen-bond donors (Lipinski definition) is 0. The molecule has 2 atom stereocenters. The topological polar surface area (TPSA) is 57.7 Å². The number of nitriles is 1. The third-order valence-electron chi connectivity index (χ3n) is 8.21. The van der Waals surface area contributed by atoms with Crippen molar-refractivity contribution in [2.24, 2.45) is 10.2 Å². The monoisotopic (exact) mass is 577 g/mol. The maximum atomic E-state index is 10.6. The van der Waals surface area contributed by atoms with Crippen molar-refractivity contribution < 1.29 is 4.74 Å². The summed E-state index contributed by atoms with van der Waals surface area (Å²) in [5, 5.41) is 19.3. The minimum absolute atomic E-state index is 0.184. The Bertz CT molecular complexity index is 1020. The smallest absolute Gasteiger partial charge is 0.119 e. The molecule has 0 spiro atoms. The van der Waals surface area contributed by atoms with E-state index < -0.39 is 5.41 Å². The molecule has 226 valence electrons. The molecule has 4 nitrogen and oxygen atoms in total. The van der Waals surface area contributed by atoms with E-state index in [2.05, 4.69) is 66.5 Å². The first-order chi connectivity index (χ1) is 20.1. The first-order valence-electron chi connectivity index (χ1n) is 16.2. The Hall–Kier alpha value is -2.32. The highest BCUT2D eigenvalue weighted by molar-refractivity contribution is 7.99. The number of benzene rings is 2. The summed E-state index contributed by atoms with van der Waals surface area (Å²) in [6, 6.07) is 20.1. The fraction of sp³-hybridized carbons (Fsp3) is 0.639. The van der Waals surface area contributed by atoms with Crippen LogP contribution in [0.2, 0.25) is 0 Å². The average Bonchev–Trinajstić information content (AvgIpc) is 3.00. The van der Waals surface area contributed by atoms with Gasteiger partial charge in [0.2, 0.25) is 0 Å². The van der Waals surface area contributed by atoms with Crippen molar-refractivity contribution in [2.75, 3.05) is 19.9 Å². The van der Waals surface area contributed by atoms with E-state index in [0.29, 0.717) is 0 Å². The fourth-order valence-corrected chi connectivity index (χ4v) is 6.40. The number of unbranched alkanes of at least 4 members (excludes halogenated alkanes) is 9. The van der Waals surface area contributed by atoms with Gasteiger partial charge in [-0.05, 0) is 79.7 Å². The molecule has 0 radical (unpaired) electrons. The van der Waals surface area contributed by atoms with Crippen molar-refractivity contribution in [1.29, 1.82) is 5.26 Å². The van der Waals surface area contributed by atoms with Gasteiger partial charge in [0.1, 0.15) is 5.75 Å². The normalized spacial score (nSPS) is 13.6. The zero-order valence-electron chi connectivity index (χ0n) is 26.4. The lowest BCUT2D eigenvalue weighted by Crippen LogP contribution is -2.25. The van der Waals surface area contributed by atoms with Crippen molar-refractivity contribution in [3.05, 3.63) is 59.7 Å². The van der Waals surface area contributed by atoms with Crippen molar-refractivity contribution in [1.82, 2.24) is 0 Å². The molecule has 2 unspecified atom stereocenters. The van der Waals surface area contributed by atoms with Crippen molar-refractivity contribution in [3.8, 4) is 11.8 Å². The molecule has 0 aliphatic carbocycles. The van der Waals surface area contributed by atoms with Gasteiger partial charge in [-0.3, -0.25) is 0 Å². The Morgan fingerprint density at radius 1 is 0.854 bits per heavy atom. The molecule has 0 aliphatic heterocycles. The van der Waals surface area contributed by atoms with Crippen LogP contribution < -0.4 is 4.74 Å². The van der Waals surface area contributed by atoms with Gasteiger partial charge in [-0.15, -0.1) is 11.8 Å². The molecular weight excluding hydrogens is 522 g/mol. The summed E-state index contributed by atoms with van der Waals surface area (Å²) in [6.45, 7) is 4.46. The van der Waals surface area contributed by atoms with Gasteiger partial charge in [-0.1, -0.05) is 102 Å². The third-order valence-corrected chi connectivity index (χ3v) is 9.11. The van der Waals surface area contributed by atoms with Crippen LogP contribution in [0.25, 0.3) is 0 Å². The van der Waals surface area contributed by atoms with Gasteiger partial charge in [0, 0.05) is 11.9 Å². The molecule has 2 aromatic rings. The Morgan fingerprint density at radius 3 is 2.12 bits per heavy atom. The van der Waals surface area contributed by atoms with E-state index in [1.54, 1.807) is 14.2 Å². The van der Waals surface area contributed by atoms with Crippen LogP contribution in [0.3, 0.4) is 0 Å². The number of ether oxygens (including phenoxy) is 1. The summed E-state index contributed by atoms with van der Waals surface area (Å²) in [5.41, 5.74) is 1.95. The molecule has 0 aromatic heterocycles. The molecule has 0 saturated heterocycles. The van der Waals surface area contributed by atoms with E-state index >= 15 is 0 Å². The van der Waals surface area contributed by atoms with Crippen molar-refractivity contribution >= 4 is 11.8 Å². The lowest BCUT2D eigenvalue weighted by atomic mass is 9.73. The van der Waals surface area contributed by atoms with Gasteiger partial charge in [0.05, 0.1) is 24.6 Å². The molecule has 0 aliphatic rings.